The normalized spacial score (nSPS) is 10.6. The predicted molar refractivity (Wildman–Crippen MR) is 63.3 cm³/mol. The zero-order chi connectivity index (χ0) is 11.7. The summed E-state index contributed by atoms with van der Waals surface area (Å²) >= 11 is 5.67. The fourth-order valence-corrected chi connectivity index (χ4v) is 1.53. The Balaban J connectivity index is 1.92. The van der Waals surface area contributed by atoms with Crippen LogP contribution in [0.25, 0.3) is 11.1 Å². The van der Waals surface area contributed by atoms with Gasteiger partial charge in [0.1, 0.15) is 10.7 Å². The molecule has 2 aromatic heterocycles. The van der Waals surface area contributed by atoms with E-state index < -0.39 is 0 Å². The van der Waals surface area contributed by atoms with Crippen molar-refractivity contribution in [3.63, 3.8) is 0 Å². The molecule has 0 aliphatic heterocycles. The van der Waals surface area contributed by atoms with Crippen molar-refractivity contribution in [3.05, 3.63) is 47.7 Å². The summed E-state index contributed by atoms with van der Waals surface area (Å²) in [5, 5.41) is 0.412. The molecule has 0 atom stereocenters. The van der Waals surface area contributed by atoms with Crippen LogP contribution >= 0.6 is 11.6 Å². The van der Waals surface area contributed by atoms with Crippen LogP contribution in [0.3, 0.4) is 0 Å². The fourth-order valence-electron chi connectivity index (χ4n) is 1.42. The number of nitrogens with zero attached hydrogens (tertiary/aromatic N) is 2. The van der Waals surface area contributed by atoms with Gasteiger partial charge in [-0.2, -0.15) is 4.98 Å². The Morgan fingerprint density at radius 2 is 2.00 bits per heavy atom. The number of hydrogen-bond acceptors (Lipinski definition) is 4. The summed E-state index contributed by atoms with van der Waals surface area (Å²) in [7, 11) is 0. The molecule has 0 spiro atoms. The lowest BCUT2D eigenvalue weighted by Gasteiger charge is -1.98. The molecule has 0 bridgehead atoms. The molecule has 2 heterocycles. The van der Waals surface area contributed by atoms with E-state index in [1.54, 1.807) is 12.1 Å². The molecule has 84 valence electrons. The van der Waals surface area contributed by atoms with Crippen LogP contribution < -0.4 is 4.74 Å². The summed E-state index contributed by atoms with van der Waals surface area (Å²) in [6, 6.07) is 10.8. The molecule has 0 aliphatic rings. The first-order valence-electron chi connectivity index (χ1n) is 4.96. The van der Waals surface area contributed by atoms with Crippen LogP contribution in [0.1, 0.15) is 0 Å². The van der Waals surface area contributed by atoms with Crippen LogP contribution in [0.2, 0.25) is 5.15 Å². The quantitative estimate of drug-likeness (QED) is 0.648. The first-order valence-corrected chi connectivity index (χ1v) is 5.34. The number of para-hydroxylation sites is 2. The highest BCUT2D eigenvalue weighted by Gasteiger charge is 2.07. The molecule has 3 rings (SSSR count). The van der Waals surface area contributed by atoms with Gasteiger partial charge in [0.2, 0.25) is 0 Å². The van der Waals surface area contributed by atoms with E-state index in [0.717, 1.165) is 5.52 Å². The van der Waals surface area contributed by atoms with E-state index in [4.69, 9.17) is 20.8 Å². The minimum Gasteiger partial charge on any atom is -0.409 e. The summed E-state index contributed by atoms with van der Waals surface area (Å²) in [6.45, 7) is 0. The van der Waals surface area contributed by atoms with Gasteiger partial charge in [-0.15, -0.1) is 0 Å². The summed E-state index contributed by atoms with van der Waals surface area (Å²) in [6.07, 6.45) is 1.70. The Morgan fingerprint density at radius 1 is 1.12 bits per heavy atom. The van der Waals surface area contributed by atoms with Gasteiger partial charge in [-0.25, -0.2) is 4.98 Å². The molecule has 4 nitrogen and oxygen atoms in total. The number of rotatable bonds is 2. The molecule has 0 N–H and O–H groups in total. The molecule has 1 aromatic carbocycles. The zero-order valence-corrected chi connectivity index (χ0v) is 9.39. The molecule has 0 amide bonds. The maximum Gasteiger partial charge on any atom is 0.400 e. The Bertz CT molecular complexity index is 616. The molecular weight excluding hydrogens is 240 g/mol. The molecule has 3 aromatic rings. The minimum absolute atomic E-state index is 0.190. The van der Waals surface area contributed by atoms with Gasteiger partial charge in [-0.1, -0.05) is 23.7 Å². The van der Waals surface area contributed by atoms with Crippen molar-refractivity contribution in [3.8, 4) is 11.8 Å². The maximum absolute atomic E-state index is 5.67. The number of fused-ring (bicyclic) bond motifs is 1. The lowest BCUT2D eigenvalue weighted by atomic mass is 10.3. The molecule has 0 radical (unpaired) electrons. The van der Waals surface area contributed by atoms with E-state index in [2.05, 4.69) is 9.97 Å². The summed E-state index contributed by atoms with van der Waals surface area (Å²) in [4.78, 5) is 8.08. The zero-order valence-electron chi connectivity index (χ0n) is 8.63. The smallest absolute Gasteiger partial charge is 0.400 e. The average Bonchev–Trinajstić information content (AvgIpc) is 2.74. The monoisotopic (exact) mass is 246 g/mol. The van der Waals surface area contributed by atoms with Gasteiger partial charge in [-0.05, 0) is 24.3 Å². The van der Waals surface area contributed by atoms with Crippen LogP contribution in [0, 0.1) is 0 Å². The standard InChI is InChI=1S/C12H7ClN2O2/c13-11-6-5-8(7-14-11)16-12-15-9-3-1-2-4-10(9)17-12/h1-7H. The lowest BCUT2D eigenvalue weighted by Crippen LogP contribution is -1.84. The molecule has 0 fully saturated rings. The average molecular weight is 247 g/mol. The van der Waals surface area contributed by atoms with E-state index in [-0.39, 0.29) is 6.08 Å². The number of halogens is 1. The summed E-state index contributed by atoms with van der Waals surface area (Å²) in [5.74, 6) is 0.529. The van der Waals surface area contributed by atoms with Crippen LogP contribution in [0.15, 0.2) is 47.0 Å². The predicted octanol–water partition coefficient (Wildman–Crippen LogP) is 3.67. The van der Waals surface area contributed by atoms with Crippen LogP contribution in [-0.2, 0) is 0 Å². The Labute approximate surface area is 102 Å². The van der Waals surface area contributed by atoms with Gasteiger partial charge in [0, 0.05) is 0 Å². The van der Waals surface area contributed by atoms with Crippen molar-refractivity contribution >= 4 is 22.7 Å². The molecular formula is C12H7ClN2O2. The van der Waals surface area contributed by atoms with Crippen LogP contribution in [0.4, 0.5) is 0 Å². The van der Waals surface area contributed by atoms with Crippen LogP contribution in [0.5, 0.6) is 11.8 Å². The van der Waals surface area contributed by atoms with Gasteiger partial charge < -0.3 is 9.15 Å². The highest BCUT2D eigenvalue weighted by Crippen LogP contribution is 2.25. The van der Waals surface area contributed by atoms with E-state index in [0.29, 0.717) is 16.5 Å². The first-order chi connectivity index (χ1) is 8.31. The van der Waals surface area contributed by atoms with Gasteiger partial charge >= 0.3 is 6.08 Å². The Hall–Kier alpha value is -2.07. The second-order valence-corrected chi connectivity index (χ2v) is 3.75. The molecule has 0 saturated carbocycles. The van der Waals surface area contributed by atoms with Crippen molar-refractivity contribution in [2.45, 2.75) is 0 Å². The second kappa shape index (κ2) is 4.07. The number of oxazole rings is 1. The third-order valence-corrected chi connectivity index (χ3v) is 2.40. The lowest BCUT2D eigenvalue weighted by molar-refractivity contribution is 0.342. The highest BCUT2D eigenvalue weighted by molar-refractivity contribution is 6.29. The molecule has 0 unspecified atom stereocenters. The van der Waals surface area contributed by atoms with Gasteiger partial charge in [0.05, 0.1) is 6.20 Å². The Kier molecular flexibility index (Phi) is 2.42. The third-order valence-electron chi connectivity index (χ3n) is 2.18. The van der Waals surface area contributed by atoms with E-state index >= 15 is 0 Å². The van der Waals surface area contributed by atoms with Crippen LogP contribution in [-0.4, -0.2) is 9.97 Å². The molecule has 0 saturated heterocycles. The largest absolute Gasteiger partial charge is 0.409 e. The van der Waals surface area contributed by atoms with Crippen molar-refractivity contribution in [2.24, 2.45) is 0 Å². The van der Waals surface area contributed by atoms with Crippen molar-refractivity contribution in [1.82, 2.24) is 9.97 Å². The second-order valence-electron chi connectivity index (χ2n) is 3.37. The molecule has 17 heavy (non-hydrogen) atoms. The fraction of sp³-hybridized carbons (Fsp3) is 0. The van der Waals surface area contributed by atoms with Gasteiger partial charge in [0.25, 0.3) is 0 Å². The molecule has 0 aliphatic carbocycles. The van der Waals surface area contributed by atoms with Crippen molar-refractivity contribution in [1.29, 1.82) is 0 Å². The van der Waals surface area contributed by atoms with Gasteiger partial charge in [-0.3, -0.25) is 0 Å². The number of aromatic nitrogens is 2. The first kappa shape index (κ1) is 10.1. The third kappa shape index (κ3) is 2.07. The number of pyridine rings is 1. The molecule has 5 heteroatoms. The topological polar surface area (TPSA) is 48.2 Å². The number of ether oxygens (including phenoxy) is 1. The maximum atomic E-state index is 5.67. The van der Waals surface area contributed by atoms with Crippen molar-refractivity contribution in [2.75, 3.05) is 0 Å². The SMILES string of the molecule is Clc1ccc(Oc2nc3ccccc3o2)cn1. The van der Waals surface area contributed by atoms with E-state index in [9.17, 15) is 0 Å². The highest BCUT2D eigenvalue weighted by atomic mass is 35.5. The summed E-state index contributed by atoms with van der Waals surface area (Å²) in [5.41, 5.74) is 1.44. The Morgan fingerprint density at radius 3 is 2.76 bits per heavy atom. The summed E-state index contributed by atoms with van der Waals surface area (Å²) < 4.78 is 10.8. The number of benzene rings is 1. The van der Waals surface area contributed by atoms with Gasteiger partial charge in [0.15, 0.2) is 11.3 Å². The van der Waals surface area contributed by atoms with E-state index in [1.807, 2.05) is 24.3 Å². The van der Waals surface area contributed by atoms with E-state index in [1.165, 1.54) is 6.20 Å². The number of hydrogen-bond donors (Lipinski definition) is 0. The van der Waals surface area contributed by atoms with Crippen molar-refractivity contribution < 1.29 is 9.15 Å². The minimum atomic E-state index is 0.190.